The van der Waals surface area contributed by atoms with Crippen molar-refractivity contribution in [2.75, 3.05) is 13.7 Å². The molecule has 5 nitrogen and oxygen atoms in total. The van der Waals surface area contributed by atoms with Crippen LogP contribution < -0.4 is 4.74 Å². The number of hydrogen-bond acceptors (Lipinski definition) is 4. The molecule has 0 saturated heterocycles. The van der Waals surface area contributed by atoms with Crippen LogP contribution in [-0.2, 0) is 11.3 Å². The van der Waals surface area contributed by atoms with Crippen molar-refractivity contribution in [3.63, 3.8) is 0 Å². The van der Waals surface area contributed by atoms with E-state index in [0.717, 1.165) is 22.3 Å². The number of hydrogen-bond donors (Lipinski definition) is 0. The molecule has 0 aliphatic carbocycles. The van der Waals surface area contributed by atoms with E-state index in [9.17, 15) is 4.79 Å². The Labute approximate surface area is 134 Å². The number of fused-ring (bicyclic) bond motifs is 1. The normalized spacial score (nSPS) is 10.7. The highest BCUT2D eigenvalue weighted by Crippen LogP contribution is 2.21. The Kier molecular flexibility index (Phi) is 4.28. The number of esters is 1. The highest BCUT2D eigenvalue weighted by atomic mass is 16.5. The van der Waals surface area contributed by atoms with E-state index < -0.39 is 0 Å². The number of rotatable bonds is 5. The molecule has 23 heavy (non-hydrogen) atoms. The highest BCUT2D eigenvalue weighted by molar-refractivity contribution is 5.94. The molecule has 1 aromatic carbocycles. The van der Waals surface area contributed by atoms with Crippen LogP contribution in [0.4, 0.5) is 0 Å². The fourth-order valence-electron chi connectivity index (χ4n) is 2.57. The summed E-state index contributed by atoms with van der Waals surface area (Å²) >= 11 is 0. The zero-order chi connectivity index (χ0) is 16.2. The van der Waals surface area contributed by atoms with Gasteiger partial charge in [0.2, 0.25) is 0 Å². The minimum absolute atomic E-state index is 0.339. The number of pyridine rings is 1. The molecular formula is C18H18N2O3. The van der Waals surface area contributed by atoms with E-state index in [-0.39, 0.29) is 5.97 Å². The third-order valence-electron chi connectivity index (χ3n) is 3.61. The number of aromatic nitrogens is 2. The lowest BCUT2D eigenvalue weighted by Crippen LogP contribution is -2.13. The van der Waals surface area contributed by atoms with Crippen LogP contribution in [0.25, 0.3) is 11.0 Å². The number of ether oxygens (including phenoxy) is 2. The molecule has 0 spiro atoms. The first-order chi connectivity index (χ1) is 11.2. The van der Waals surface area contributed by atoms with E-state index in [4.69, 9.17) is 9.47 Å². The van der Waals surface area contributed by atoms with Crippen molar-refractivity contribution in [2.24, 2.45) is 0 Å². The first kappa shape index (κ1) is 15.1. The molecule has 5 heteroatoms. The van der Waals surface area contributed by atoms with Crippen LogP contribution in [0.2, 0.25) is 0 Å². The fraction of sp³-hybridized carbons (Fsp3) is 0.222. The molecule has 0 N–H and O–H groups in total. The van der Waals surface area contributed by atoms with Crippen LogP contribution in [0, 0.1) is 0 Å². The zero-order valence-corrected chi connectivity index (χ0v) is 13.2. The summed E-state index contributed by atoms with van der Waals surface area (Å²) < 4.78 is 12.3. The predicted molar refractivity (Wildman–Crippen MR) is 87.8 cm³/mol. The predicted octanol–water partition coefficient (Wildman–Crippen LogP) is 3.27. The fourth-order valence-corrected chi connectivity index (χ4v) is 2.57. The van der Waals surface area contributed by atoms with Crippen LogP contribution in [0.1, 0.15) is 23.0 Å². The molecule has 0 aliphatic heterocycles. The van der Waals surface area contributed by atoms with Crippen molar-refractivity contribution in [3.8, 4) is 5.75 Å². The molecule has 0 aliphatic rings. The van der Waals surface area contributed by atoms with Crippen molar-refractivity contribution in [1.82, 2.24) is 9.55 Å². The third-order valence-corrected chi connectivity index (χ3v) is 3.61. The summed E-state index contributed by atoms with van der Waals surface area (Å²) in [6, 6.07) is 13.4. The van der Waals surface area contributed by atoms with Crippen molar-refractivity contribution in [1.29, 1.82) is 0 Å². The molecule has 3 aromatic rings. The van der Waals surface area contributed by atoms with Gasteiger partial charge >= 0.3 is 5.97 Å². The maximum Gasteiger partial charge on any atom is 0.355 e. The van der Waals surface area contributed by atoms with Crippen LogP contribution in [-0.4, -0.2) is 29.2 Å². The van der Waals surface area contributed by atoms with Gasteiger partial charge in [0.05, 0.1) is 13.7 Å². The molecule has 0 fully saturated rings. The van der Waals surface area contributed by atoms with Gasteiger partial charge in [0.25, 0.3) is 0 Å². The van der Waals surface area contributed by atoms with Gasteiger partial charge in [-0.25, -0.2) is 9.78 Å². The molecule has 0 unspecified atom stereocenters. The smallest absolute Gasteiger partial charge is 0.355 e. The van der Waals surface area contributed by atoms with Crippen molar-refractivity contribution in [3.05, 3.63) is 59.9 Å². The van der Waals surface area contributed by atoms with Gasteiger partial charge in [-0.1, -0.05) is 12.1 Å². The van der Waals surface area contributed by atoms with Crippen molar-refractivity contribution >= 4 is 17.0 Å². The van der Waals surface area contributed by atoms with Crippen molar-refractivity contribution in [2.45, 2.75) is 13.5 Å². The highest BCUT2D eigenvalue weighted by Gasteiger charge is 2.17. The SMILES string of the molecule is CCOC(=O)c1cc2cccnc2n1Cc1cccc(OC)c1. The van der Waals surface area contributed by atoms with Gasteiger partial charge in [-0.15, -0.1) is 0 Å². The molecule has 2 aromatic heterocycles. The first-order valence-electron chi connectivity index (χ1n) is 7.47. The van der Waals surface area contributed by atoms with Gasteiger partial charge in [0, 0.05) is 18.1 Å². The molecule has 0 radical (unpaired) electrons. The lowest BCUT2D eigenvalue weighted by Gasteiger charge is -2.10. The molecule has 0 bridgehead atoms. The van der Waals surface area contributed by atoms with Crippen LogP contribution in [0.5, 0.6) is 5.75 Å². The van der Waals surface area contributed by atoms with E-state index in [0.29, 0.717) is 18.8 Å². The van der Waals surface area contributed by atoms with E-state index >= 15 is 0 Å². The quantitative estimate of drug-likeness (QED) is 0.679. The number of nitrogens with zero attached hydrogens (tertiary/aromatic N) is 2. The average molecular weight is 310 g/mol. The molecule has 0 saturated carbocycles. The molecule has 0 amide bonds. The zero-order valence-electron chi connectivity index (χ0n) is 13.2. The molecule has 2 heterocycles. The summed E-state index contributed by atoms with van der Waals surface area (Å²) in [7, 11) is 1.63. The lowest BCUT2D eigenvalue weighted by molar-refractivity contribution is 0.0515. The molecular weight excluding hydrogens is 292 g/mol. The Morgan fingerprint density at radius 3 is 2.87 bits per heavy atom. The summed E-state index contributed by atoms with van der Waals surface area (Å²) in [5, 5.41) is 0.915. The maximum atomic E-state index is 12.3. The lowest BCUT2D eigenvalue weighted by atomic mass is 10.2. The molecule has 118 valence electrons. The van der Waals surface area contributed by atoms with Gasteiger partial charge < -0.3 is 14.0 Å². The van der Waals surface area contributed by atoms with Crippen LogP contribution in [0.15, 0.2) is 48.7 Å². The van der Waals surface area contributed by atoms with E-state index in [2.05, 4.69) is 4.98 Å². The van der Waals surface area contributed by atoms with E-state index in [1.54, 1.807) is 20.2 Å². The number of methoxy groups -OCH3 is 1. The topological polar surface area (TPSA) is 53.3 Å². The van der Waals surface area contributed by atoms with Crippen LogP contribution >= 0.6 is 0 Å². The molecule has 3 rings (SSSR count). The minimum atomic E-state index is -0.339. The standard InChI is InChI=1S/C18H18N2O3/c1-3-23-18(21)16-11-14-7-5-9-19-17(14)20(16)12-13-6-4-8-15(10-13)22-2/h4-11H,3,12H2,1-2H3. The largest absolute Gasteiger partial charge is 0.497 e. The summed E-state index contributed by atoms with van der Waals surface area (Å²) in [6.07, 6.45) is 1.72. The third kappa shape index (κ3) is 3.04. The average Bonchev–Trinajstić information content (AvgIpc) is 2.94. The van der Waals surface area contributed by atoms with Gasteiger partial charge in [0.15, 0.2) is 0 Å². The van der Waals surface area contributed by atoms with Gasteiger partial charge in [-0.3, -0.25) is 0 Å². The van der Waals surface area contributed by atoms with Gasteiger partial charge in [-0.05, 0) is 42.8 Å². The second-order valence-electron chi connectivity index (χ2n) is 5.10. The Balaban J connectivity index is 2.06. The van der Waals surface area contributed by atoms with Gasteiger partial charge in [-0.2, -0.15) is 0 Å². The number of carbonyl (C=O) groups excluding carboxylic acids is 1. The summed E-state index contributed by atoms with van der Waals surface area (Å²) in [4.78, 5) is 16.7. The molecule has 0 atom stereocenters. The summed E-state index contributed by atoms with van der Waals surface area (Å²) in [5.74, 6) is 0.443. The minimum Gasteiger partial charge on any atom is -0.497 e. The van der Waals surface area contributed by atoms with E-state index in [1.807, 2.05) is 47.0 Å². The van der Waals surface area contributed by atoms with Gasteiger partial charge in [0.1, 0.15) is 17.1 Å². The summed E-state index contributed by atoms with van der Waals surface area (Å²) in [5.41, 5.74) is 2.29. The summed E-state index contributed by atoms with van der Waals surface area (Å²) in [6.45, 7) is 2.66. The van der Waals surface area contributed by atoms with Crippen LogP contribution in [0.3, 0.4) is 0 Å². The second kappa shape index (κ2) is 6.52. The van der Waals surface area contributed by atoms with E-state index in [1.165, 1.54) is 0 Å². The number of benzene rings is 1. The Morgan fingerprint density at radius 2 is 2.09 bits per heavy atom. The Morgan fingerprint density at radius 1 is 1.22 bits per heavy atom. The van der Waals surface area contributed by atoms with Crippen molar-refractivity contribution < 1.29 is 14.3 Å². The monoisotopic (exact) mass is 310 g/mol. The Hall–Kier alpha value is -2.82. The Bertz CT molecular complexity index is 839. The number of carbonyl (C=O) groups is 1. The second-order valence-corrected chi connectivity index (χ2v) is 5.10. The maximum absolute atomic E-state index is 12.3. The first-order valence-corrected chi connectivity index (χ1v) is 7.47.